The fourth-order valence-corrected chi connectivity index (χ4v) is 3.40. The van der Waals surface area contributed by atoms with Crippen LogP contribution in [0.2, 0.25) is 0 Å². The highest BCUT2D eigenvalue weighted by Gasteiger charge is 2.32. The largest absolute Gasteiger partial charge is 0.381 e. The van der Waals surface area contributed by atoms with E-state index in [4.69, 9.17) is 4.74 Å². The third-order valence-corrected chi connectivity index (χ3v) is 4.76. The molecule has 0 spiro atoms. The quantitative estimate of drug-likeness (QED) is 0.847. The van der Waals surface area contributed by atoms with E-state index >= 15 is 0 Å². The zero-order chi connectivity index (χ0) is 17.8. The van der Waals surface area contributed by atoms with Crippen LogP contribution in [0.4, 0.5) is 0 Å². The molecule has 2 atom stereocenters. The van der Waals surface area contributed by atoms with Crippen LogP contribution in [0.3, 0.4) is 0 Å². The van der Waals surface area contributed by atoms with Gasteiger partial charge in [0.15, 0.2) is 5.78 Å². The maximum absolute atomic E-state index is 12.7. The summed E-state index contributed by atoms with van der Waals surface area (Å²) < 4.78 is 5.64. The van der Waals surface area contributed by atoms with Gasteiger partial charge < -0.3 is 9.64 Å². The van der Waals surface area contributed by atoms with E-state index in [1.165, 1.54) is 18.6 Å². The molecule has 0 radical (unpaired) electrons. The van der Waals surface area contributed by atoms with Gasteiger partial charge in [-0.05, 0) is 24.5 Å². The number of H-pyrrole nitrogens is 1. The molecule has 2 heterocycles. The number of aromatic amines is 1. The van der Waals surface area contributed by atoms with Crippen molar-refractivity contribution >= 4 is 11.7 Å². The summed E-state index contributed by atoms with van der Waals surface area (Å²) in [5, 5.41) is 6.58. The number of carbonyl (C=O) groups is 2. The van der Waals surface area contributed by atoms with E-state index in [2.05, 4.69) is 22.3 Å². The smallest absolute Gasteiger partial charge is 0.271 e. The second-order valence-corrected chi connectivity index (χ2v) is 6.49. The molecule has 1 aliphatic rings. The van der Waals surface area contributed by atoms with Gasteiger partial charge in [-0.15, -0.1) is 0 Å². The van der Waals surface area contributed by atoms with Crippen LogP contribution in [-0.2, 0) is 11.2 Å². The number of nitrogens with one attached hydrogen (secondary N) is 1. The molecule has 1 saturated heterocycles. The lowest BCUT2D eigenvalue weighted by atomic mass is 9.88. The van der Waals surface area contributed by atoms with E-state index < -0.39 is 0 Å². The highest BCUT2D eigenvalue weighted by Crippen LogP contribution is 2.24. The molecule has 1 aromatic heterocycles. The summed E-state index contributed by atoms with van der Waals surface area (Å²) in [6.07, 6.45) is 1.80. The van der Waals surface area contributed by atoms with Gasteiger partial charge in [-0.25, -0.2) is 0 Å². The summed E-state index contributed by atoms with van der Waals surface area (Å²) in [6.45, 7) is 2.70. The molecule has 25 heavy (non-hydrogen) atoms. The van der Waals surface area contributed by atoms with Gasteiger partial charge in [0.1, 0.15) is 11.4 Å². The first-order valence-electron chi connectivity index (χ1n) is 8.51. The molecule has 1 aliphatic heterocycles. The van der Waals surface area contributed by atoms with E-state index in [-0.39, 0.29) is 29.4 Å². The van der Waals surface area contributed by atoms with Crippen LogP contribution in [0, 0.1) is 5.92 Å². The van der Waals surface area contributed by atoms with Crippen molar-refractivity contribution in [2.45, 2.75) is 25.9 Å². The Morgan fingerprint density at radius 3 is 2.72 bits per heavy atom. The lowest BCUT2D eigenvalue weighted by Gasteiger charge is -2.37. The predicted molar refractivity (Wildman–Crippen MR) is 93.5 cm³/mol. The number of amides is 1. The van der Waals surface area contributed by atoms with Crippen molar-refractivity contribution in [3.8, 4) is 0 Å². The Labute approximate surface area is 147 Å². The average Bonchev–Trinajstić information content (AvgIpc) is 3.12. The van der Waals surface area contributed by atoms with Crippen molar-refractivity contribution in [1.82, 2.24) is 15.1 Å². The molecule has 0 bridgehead atoms. The maximum Gasteiger partial charge on any atom is 0.271 e. The number of aromatic nitrogens is 2. The van der Waals surface area contributed by atoms with Crippen LogP contribution in [0.25, 0.3) is 0 Å². The van der Waals surface area contributed by atoms with Gasteiger partial charge in [0, 0.05) is 33.0 Å². The number of hydrogen-bond acceptors (Lipinski definition) is 4. The van der Waals surface area contributed by atoms with Crippen molar-refractivity contribution in [2.24, 2.45) is 5.92 Å². The number of ether oxygens (including phenoxy) is 1. The molecule has 0 unspecified atom stereocenters. The average molecular weight is 341 g/mol. The van der Waals surface area contributed by atoms with Gasteiger partial charge in [-0.2, -0.15) is 5.10 Å². The standard InChI is InChI=1S/C19H23N3O3/c1-13(23)16-11-17(21-20-16)19(24)22-9-8-18(25-2)15(12-22)10-14-6-4-3-5-7-14/h3-7,11,15,18H,8-10,12H2,1-2H3,(H,20,21)/t15-,18+/m1/s1. The summed E-state index contributed by atoms with van der Waals surface area (Å²) in [5.74, 6) is -0.0386. The van der Waals surface area contributed by atoms with E-state index in [0.717, 1.165) is 12.8 Å². The van der Waals surface area contributed by atoms with E-state index in [1.54, 1.807) is 7.11 Å². The molecular weight excluding hydrogens is 318 g/mol. The third kappa shape index (κ3) is 3.96. The lowest BCUT2D eigenvalue weighted by Crippen LogP contribution is -2.47. The molecule has 1 amide bonds. The second-order valence-electron chi connectivity index (χ2n) is 6.49. The Bertz CT molecular complexity index is 741. The summed E-state index contributed by atoms with van der Waals surface area (Å²) >= 11 is 0. The summed E-state index contributed by atoms with van der Waals surface area (Å²) in [6, 6.07) is 11.8. The van der Waals surface area contributed by atoms with Crippen molar-refractivity contribution in [1.29, 1.82) is 0 Å². The highest BCUT2D eigenvalue weighted by molar-refractivity contribution is 5.97. The van der Waals surface area contributed by atoms with Gasteiger partial charge in [0.05, 0.1) is 6.10 Å². The number of likely N-dealkylation sites (tertiary alicyclic amines) is 1. The lowest BCUT2D eigenvalue weighted by molar-refractivity contribution is -0.00317. The SMILES string of the molecule is CO[C@H]1CCN(C(=O)c2cc(C(C)=O)n[nH]2)C[C@H]1Cc1ccccc1. The zero-order valence-corrected chi connectivity index (χ0v) is 14.6. The third-order valence-electron chi connectivity index (χ3n) is 4.76. The molecule has 0 saturated carbocycles. The first kappa shape index (κ1) is 17.4. The van der Waals surface area contributed by atoms with Gasteiger partial charge >= 0.3 is 0 Å². The zero-order valence-electron chi connectivity index (χ0n) is 14.6. The van der Waals surface area contributed by atoms with E-state index in [1.807, 2.05) is 23.1 Å². The number of Topliss-reactive ketones (excluding diaryl/α,β-unsaturated/α-hetero) is 1. The molecule has 1 aromatic carbocycles. The number of hydrogen-bond donors (Lipinski definition) is 1. The van der Waals surface area contributed by atoms with Crippen LogP contribution >= 0.6 is 0 Å². The fourth-order valence-electron chi connectivity index (χ4n) is 3.40. The molecule has 6 nitrogen and oxygen atoms in total. The van der Waals surface area contributed by atoms with Crippen molar-refractivity contribution in [3.05, 3.63) is 53.3 Å². The number of benzene rings is 1. The minimum atomic E-state index is -0.157. The molecule has 6 heteroatoms. The van der Waals surface area contributed by atoms with Crippen LogP contribution in [-0.4, -0.2) is 53.1 Å². The minimum absolute atomic E-state index is 0.118. The van der Waals surface area contributed by atoms with Crippen molar-refractivity contribution in [2.75, 3.05) is 20.2 Å². The Morgan fingerprint density at radius 2 is 2.08 bits per heavy atom. The molecule has 3 rings (SSSR count). The Kier molecular flexibility index (Phi) is 5.28. The monoisotopic (exact) mass is 341 g/mol. The van der Waals surface area contributed by atoms with Crippen LogP contribution < -0.4 is 0 Å². The van der Waals surface area contributed by atoms with E-state index in [0.29, 0.717) is 18.8 Å². The van der Waals surface area contributed by atoms with Crippen molar-refractivity contribution in [3.63, 3.8) is 0 Å². The Balaban J connectivity index is 1.72. The van der Waals surface area contributed by atoms with Crippen molar-refractivity contribution < 1.29 is 14.3 Å². The van der Waals surface area contributed by atoms with Gasteiger partial charge in [-0.1, -0.05) is 30.3 Å². The molecule has 0 aliphatic carbocycles. The maximum atomic E-state index is 12.7. The van der Waals surface area contributed by atoms with Gasteiger partial charge in [-0.3, -0.25) is 14.7 Å². The first-order valence-corrected chi connectivity index (χ1v) is 8.51. The number of rotatable bonds is 5. The first-order chi connectivity index (χ1) is 12.1. The van der Waals surface area contributed by atoms with Crippen LogP contribution in [0.5, 0.6) is 0 Å². The van der Waals surface area contributed by atoms with Crippen LogP contribution in [0.1, 0.15) is 39.9 Å². The summed E-state index contributed by atoms with van der Waals surface area (Å²) in [4.78, 5) is 25.9. The predicted octanol–water partition coefficient (Wildman–Crippen LogP) is 2.33. The second kappa shape index (κ2) is 7.61. The Hall–Kier alpha value is -2.47. The fraction of sp³-hybridized carbons (Fsp3) is 0.421. The molecule has 2 aromatic rings. The number of ketones is 1. The van der Waals surface area contributed by atoms with Gasteiger partial charge in [0.25, 0.3) is 5.91 Å². The molecule has 1 N–H and O–H groups in total. The summed E-state index contributed by atoms with van der Waals surface area (Å²) in [7, 11) is 1.73. The van der Waals surface area contributed by atoms with E-state index in [9.17, 15) is 9.59 Å². The molecule has 1 fully saturated rings. The number of carbonyl (C=O) groups excluding carboxylic acids is 2. The summed E-state index contributed by atoms with van der Waals surface area (Å²) in [5.41, 5.74) is 1.89. The number of methoxy groups -OCH3 is 1. The number of nitrogens with zero attached hydrogens (tertiary/aromatic N) is 2. The number of piperidine rings is 1. The highest BCUT2D eigenvalue weighted by atomic mass is 16.5. The van der Waals surface area contributed by atoms with Crippen LogP contribution in [0.15, 0.2) is 36.4 Å². The molecule has 132 valence electrons. The van der Waals surface area contributed by atoms with Gasteiger partial charge in [0.2, 0.25) is 0 Å². The normalized spacial score (nSPS) is 20.5. The minimum Gasteiger partial charge on any atom is -0.381 e. The topological polar surface area (TPSA) is 75.3 Å². The Morgan fingerprint density at radius 1 is 1.32 bits per heavy atom. The molecular formula is C19H23N3O3.